The van der Waals surface area contributed by atoms with E-state index < -0.39 is 0 Å². The van der Waals surface area contributed by atoms with Gasteiger partial charge >= 0.3 is 0 Å². The summed E-state index contributed by atoms with van der Waals surface area (Å²) in [6.07, 6.45) is 10.4. The van der Waals surface area contributed by atoms with Crippen molar-refractivity contribution in [2.75, 3.05) is 11.4 Å². The molecule has 0 spiro atoms. The van der Waals surface area contributed by atoms with Gasteiger partial charge in [-0.15, -0.1) is 0 Å². The number of para-hydroxylation sites is 1. The van der Waals surface area contributed by atoms with Crippen molar-refractivity contribution in [2.24, 2.45) is 0 Å². The van der Waals surface area contributed by atoms with E-state index in [0.717, 1.165) is 33.9 Å². The minimum absolute atomic E-state index is 0.667. The number of benzene rings is 5. The summed E-state index contributed by atoms with van der Waals surface area (Å²) >= 11 is 0. The molecule has 0 unspecified atom stereocenters. The third-order valence-corrected chi connectivity index (χ3v) is 8.92. The maximum absolute atomic E-state index is 4.70. The van der Waals surface area contributed by atoms with Crippen molar-refractivity contribution in [1.82, 2.24) is 9.97 Å². The van der Waals surface area contributed by atoms with Crippen LogP contribution in [-0.4, -0.2) is 16.5 Å². The van der Waals surface area contributed by atoms with E-state index in [1.165, 1.54) is 44.2 Å². The van der Waals surface area contributed by atoms with Crippen molar-refractivity contribution in [1.29, 1.82) is 0 Å². The average Bonchev–Trinajstić information content (AvgIpc) is 3.47. The predicted octanol–water partition coefficient (Wildman–Crippen LogP) is 11.4. The standard InChI is InChI=1S/C44H33N3/c1-2-13-31(36-22-23-41-38-17-7-6-16-37(38)40-19-12-18-39(36)44(40)41)24-27-47(34-14-4-3-5-15-34)35-29-32(42-20-8-10-25-45-42)28-33(30-35)43-21-9-11-26-46-43/h2-26,28-30H,27H2,1H3/b13-2-,31-24+. The number of pyridine rings is 2. The highest BCUT2D eigenvalue weighted by Crippen LogP contribution is 2.48. The second kappa shape index (κ2) is 12.4. The normalized spacial score (nSPS) is 12.1. The smallest absolute Gasteiger partial charge is 0.0702 e. The molecule has 0 radical (unpaired) electrons. The number of hydrogen-bond donors (Lipinski definition) is 0. The van der Waals surface area contributed by atoms with Gasteiger partial charge in [0.1, 0.15) is 0 Å². The first-order valence-electron chi connectivity index (χ1n) is 16.1. The molecule has 0 saturated carbocycles. The molecule has 47 heavy (non-hydrogen) atoms. The molecular weight excluding hydrogens is 571 g/mol. The number of fused-ring (bicyclic) bond motifs is 3. The maximum Gasteiger partial charge on any atom is 0.0702 e. The lowest BCUT2D eigenvalue weighted by Gasteiger charge is -2.26. The van der Waals surface area contributed by atoms with Crippen molar-refractivity contribution in [2.45, 2.75) is 6.92 Å². The number of hydrogen-bond acceptors (Lipinski definition) is 3. The first-order valence-corrected chi connectivity index (χ1v) is 16.1. The molecule has 0 bridgehead atoms. The third kappa shape index (κ3) is 5.32. The zero-order chi connectivity index (χ0) is 31.6. The lowest BCUT2D eigenvalue weighted by molar-refractivity contribution is 1.10. The Bertz CT molecular complexity index is 2180. The molecule has 8 rings (SSSR count). The van der Waals surface area contributed by atoms with Gasteiger partial charge in [0.25, 0.3) is 0 Å². The van der Waals surface area contributed by atoms with Crippen LogP contribution in [0.15, 0.2) is 170 Å². The van der Waals surface area contributed by atoms with E-state index in [2.05, 4.69) is 145 Å². The number of allylic oxidation sites excluding steroid dienone is 3. The van der Waals surface area contributed by atoms with E-state index >= 15 is 0 Å². The molecule has 7 aromatic rings. The van der Waals surface area contributed by atoms with Gasteiger partial charge in [0.05, 0.1) is 11.4 Å². The van der Waals surface area contributed by atoms with Crippen molar-refractivity contribution < 1.29 is 0 Å². The minimum Gasteiger partial charge on any atom is -0.338 e. The van der Waals surface area contributed by atoms with Gasteiger partial charge in [0.2, 0.25) is 0 Å². The summed E-state index contributed by atoms with van der Waals surface area (Å²) in [5.41, 5.74) is 13.8. The van der Waals surface area contributed by atoms with E-state index in [9.17, 15) is 0 Å². The van der Waals surface area contributed by atoms with Crippen molar-refractivity contribution in [3.05, 3.63) is 176 Å². The third-order valence-electron chi connectivity index (χ3n) is 8.92. The Morgan fingerprint density at radius 3 is 1.83 bits per heavy atom. The van der Waals surface area contributed by atoms with Crippen LogP contribution in [0.25, 0.3) is 61.1 Å². The maximum atomic E-state index is 4.70. The van der Waals surface area contributed by atoms with Crippen molar-refractivity contribution >= 4 is 27.7 Å². The second-order valence-corrected chi connectivity index (χ2v) is 11.7. The highest BCUT2D eigenvalue weighted by atomic mass is 15.1. The van der Waals surface area contributed by atoms with Gasteiger partial charge in [-0.1, -0.05) is 103 Å². The molecule has 1 aliphatic carbocycles. The van der Waals surface area contributed by atoms with Crippen LogP contribution < -0.4 is 4.90 Å². The Hall–Kier alpha value is -6.06. The van der Waals surface area contributed by atoms with Crippen LogP contribution in [0.1, 0.15) is 12.5 Å². The summed E-state index contributed by atoms with van der Waals surface area (Å²) in [6, 6.07) is 49.4. The monoisotopic (exact) mass is 603 g/mol. The van der Waals surface area contributed by atoms with E-state index in [1.807, 2.05) is 36.7 Å². The molecular formula is C44H33N3. The fraction of sp³-hybridized carbons (Fsp3) is 0.0455. The van der Waals surface area contributed by atoms with Crippen LogP contribution in [0, 0.1) is 0 Å². The predicted molar refractivity (Wildman–Crippen MR) is 198 cm³/mol. The number of nitrogens with zero attached hydrogens (tertiary/aromatic N) is 3. The van der Waals surface area contributed by atoms with Gasteiger partial charge in [0, 0.05) is 41.4 Å². The molecule has 0 fully saturated rings. The molecule has 1 aliphatic rings. The van der Waals surface area contributed by atoms with Crippen molar-refractivity contribution in [3.63, 3.8) is 0 Å². The van der Waals surface area contributed by atoms with Crippen molar-refractivity contribution in [3.8, 4) is 44.8 Å². The molecule has 2 heterocycles. The van der Waals surface area contributed by atoms with Crippen LogP contribution >= 0.6 is 0 Å². The van der Waals surface area contributed by atoms with Crippen LogP contribution in [0.4, 0.5) is 11.4 Å². The lowest BCUT2D eigenvalue weighted by atomic mass is 9.93. The van der Waals surface area contributed by atoms with Gasteiger partial charge in [-0.3, -0.25) is 9.97 Å². The fourth-order valence-corrected chi connectivity index (χ4v) is 6.79. The summed E-state index contributed by atoms with van der Waals surface area (Å²) in [5.74, 6) is 0. The Morgan fingerprint density at radius 1 is 0.574 bits per heavy atom. The van der Waals surface area contributed by atoms with E-state index in [0.29, 0.717) is 6.54 Å². The van der Waals surface area contributed by atoms with Gasteiger partial charge in [0.15, 0.2) is 0 Å². The summed E-state index contributed by atoms with van der Waals surface area (Å²) < 4.78 is 0. The zero-order valence-corrected chi connectivity index (χ0v) is 26.2. The lowest BCUT2D eigenvalue weighted by Crippen LogP contribution is -2.17. The van der Waals surface area contributed by atoms with Crippen LogP contribution in [0.2, 0.25) is 0 Å². The zero-order valence-electron chi connectivity index (χ0n) is 26.2. The Balaban J connectivity index is 1.27. The first-order chi connectivity index (χ1) is 23.3. The SMILES string of the molecule is C/C=C\C(=C/CN(c1ccccc1)c1cc(-c2ccccn2)cc(-c2ccccn2)c1)c1ccc2c3c(cccc13)-c1ccccc1-2. The molecule has 0 atom stereocenters. The molecule has 3 nitrogen and oxygen atoms in total. The highest BCUT2D eigenvalue weighted by Gasteiger charge is 2.22. The molecule has 0 N–H and O–H groups in total. The minimum atomic E-state index is 0.667. The van der Waals surface area contributed by atoms with Gasteiger partial charge in [-0.25, -0.2) is 0 Å². The molecule has 5 aromatic carbocycles. The second-order valence-electron chi connectivity index (χ2n) is 11.7. The number of rotatable bonds is 8. The quantitative estimate of drug-likeness (QED) is 0.162. The van der Waals surface area contributed by atoms with E-state index in [-0.39, 0.29) is 0 Å². The Labute approximate surface area is 275 Å². The molecule has 3 heteroatoms. The van der Waals surface area contributed by atoms with E-state index in [1.54, 1.807) is 0 Å². The molecule has 0 amide bonds. The van der Waals surface area contributed by atoms with Crippen LogP contribution in [0.3, 0.4) is 0 Å². The first kappa shape index (κ1) is 28.4. The van der Waals surface area contributed by atoms with Gasteiger partial charge < -0.3 is 4.90 Å². The Morgan fingerprint density at radius 2 is 1.19 bits per heavy atom. The summed E-state index contributed by atoms with van der Waals surface area (Å²) in [4.78, 5) is 11.8. The molecule has 224 valence electrons. The Kier molecular flexibility index (Phi) is 7.49. The number of anilines is 2. The summed E-state index contributed by atoms with van der Waals surface area (Å²) in [6.45, 7) is 2.76. The fourth-order valence-electron chi connectivity index (χ4n) is 6.79. The average molecular weight is 604 g/mol. The van der Waals surface area contributed by atoms with Gasteiger partial charge in [-0.05, 0) is 106 Å². The van der Waals surface area contributed by atoms with Gasteiger partial charge in [-0.2, -0.15) is 0 Å². The van der Waals surface area contributed by atoms with E-state index in [4.69, 9.17) is 9.97 Å². The molecule has 2 aromatic heterocycles. The molecule has 0 saturated heterocycles. The summed E-state index contributed by atoms with van der Waals surface area (Å²) in [7, 11) is 0. The topological polar surface area (TPSA) is 29.0 Å². The molecule has 0 aliphatic heterocycles. The summed E-state index contributed by atoms with van der Waals surface area (Å²) in [5, 5.41) is 2.62. The van der Waals surface area contributed by atoms with Crippen LogP contribution in [0.5, 0.6) is 0 Å². The largest absolute Gasteiger partial charge is 0.338 e. The highest BCUT2D eigenvalue weighted by molar-refractivity contribution is 6.17. The number of aromatic nitrogens is 2. The van der Waals surface area contributed by atoms with Crippen LogP contribution in [-0.2, 0) is 0 Å².